The molecule has 0 aliphatic heterocycles. The third-order valence-corrected chi connectivity index (χ3v) is 4.07. The maximum absolute atomic E-state index is 11.5. The van der Waals surface area contributed by atoms with Gasteiger partial charge in [0.2, 0.25) is 5.91 Å². The standard InChI is InChI=1S/C11H17NO4S/c1-7(13)12-8(11(15)16)6-17-10-5-3-2-4-9(10)14/h8,10H,2-6H2,1H3,(H,12,13)(H,15,16). The molecule has 2 N–H and O–H groups in total. The van der Waals surface area contributed by atoms with Crippen LogP contribution >= 0.6 is 11.8 Å². The molecule has 0 radical (unpaired) electrons. The van der Waals surface area contributed by atoms with Crippen molar-refractivity contribution in [1.29, 1.82) is 0 Å². The first kappa shape index (κ1) is 14.0. The molecule has 1 amide bonds. The fourth-order valence-electron chi connectivity index (χ4n) is 1.76. The van der Waals surface area contributed by atoms with Gasteiger partial charge in [-0.3, -0.25) is 9.59 Å². The molecule has 96 valence electrons. The maximum Gasteiger partial charge on any atom is 0.327 e. The largest absolute Gasteiger partial charge is 0.480 e. The number of hydrogen-bond acceptors (Lipinski definition) is 4. The summed E-state index contributed by atoms with van der Waals surface area (Å²) in [6.45, 7) is 1.28. The van der Waals surface area contributed by atoms with Crippen LogP contribution in [0.2, 0.25) is 0 Å². The van der Waals surface area contributed by atoms with Gasteiger partial charge >= 0.3 is 5.97 Å². The molecular formula is C11H17NO4S. The van der Waals surface area contributed by atoms with E-state index < -0.39 is 12.0 Å². The first-order valence-electron chi connectivity index (χ1n) is 5.65. The van der Waals surface area contributed by atoms with Gasteiger partial charge in [0.05, 0.1) is 5.25 Å². The number of carbonyl (C=O) groups excluding carboxylic acids is 2. The number of aliphatic carboxylic acids is 1. The van der Waals surface area contributed by atoms with Gasteiger partial charge in [-0.05, 0) is 12.8 Å². The van der Waals surface area contributed by atoms with E-state index in [0.29, 0.717) is 6.42 Å². The predicted octanol–water partition coefficient (Wildman–Crippen LogP) is 0.821. The Morgan fingerprint density at radius 1 is 1.53 bits per heavy atom. The number of carboxylic acids is 1. The van der Waals surface area contributed by atoms with E-state index in [4.69, 9.17) is 5.11 Å². The lowest BCUT2D eigenvalue weighted by Crippen LogP contribution is -2.42. The van der Waals surface area contributed by atoms with Crippen molar-refractivity contribution < 1.29 is 19.5 Å². The number of carbonyl (C=O) groups is 3. The molecule has 2 unspecified atom stereocenters. The van der Waals surface area contributed by atoms with Crippen LogP contribution in [0.1, 0.15) is 32.6 Å². The molecule has 5 nitrogen and oxygen atoms in total. The lowest BCUT2D eigenvalue weighted by molar-refractivity contribution is -0.140. The third-order valence-electron chi connectivity index (χ3n) is 2.64. The van der Waals surface area contributed by atoms with Crippen LogP contribution in [0.3, 0.4) is 0 Å². The summed E-state index contributed by atoms with van der Waals surface area (Å²) in [5.41, 5.74) is 0. The number of hydrogen-bond donors (Lipinski definition) is 2. The fourth-order valence-corrected chi connectivity index (χ4v) is 3.05. The Hall–Kier alpha value is -1.04. The Labute approximate surface area is 104 Å². The van der Waals surface area contributed by atoms with Gasteiger partial charge in [-0.1, -0.05) is 6.42 Å². The zero-order valence-corrected chi connectivity index (χ0v) is 10.6. The highest BCUT2D eigenvalue weighted by atomic mass is 32.2. The van der Waals surface area contributed by atoms with Gasteiger partial charge in [-0.2, -0.15) is 0 Å². The molecule has 1 saturated carbocycles. The van der Waals surface area contributed by atoms with Crippen molar-refractivity contribution in [3.63, 3.8) is 0 Å². The molecule has 0 saturated heterocycles. The van der Waals surface area contributed by atoms with Gasteiger partial charge in [-0.15, -0.1) is 11.8 Å². The molecule has 0 bridgehead atoms. The summed E-state index contributed by atoms with van der Waals surface area (Å²) in [6.07, 6.45) is 3.36. The van der Waals surface area contributed by atoms with Crippen LogP contribution in [0.4, 0.5) is 0 Å². The van der Waals surface area contributed by atoms with Gasteiger partial charge < -0.3 is 10.4 Å². The number of amides is 1. The molecule has 2 atom stereocenters. The molecule has 1 aliphatic carbocycles. The first-order chi connectivity index (χ1) is 8.00. The molecule has 0 aromatic rings. The molecule has 17 heavy (non-hydrogen) atoms. The lowest BCUT2D eigenvalue weighted by atomic mass is 9.99. The molecule has 0 heterocycles. The number of thioether (sulfide) groups is 1. The van der Waals surface area contributed by atoms with Gasteiger partial charge in [0, 0.05) is 19.1 Å². The van der Waals surface area contributed by atoms with Crippen molar-refractivity contribution in [3.8, 4) is 0 Å². The molecule has 1 aliphatic rings. The number of ketones is 1. The van der Waals surface area contributed by atoms with E-state index in [1.807, 2.05) is 0 Å². The van der Waals surface area contributed by atoms with Crippen LogP contribution < -0.4 is 5.32 Å². The minimum absolute atomic E-state index is 0.0978. The van der Waals surface area contributed by atoms with Gasteiger partial charge in [0.15, 0.2) is 0 Å². The molecular weight excluding hydrogens is 242 g/mol. The smallest absolute Gasteiger partial charge is 0.327 e. The van der Waals surface area contributed by atoms with Crippen molar-refractivity contribution >= 4 is 29.4 Å². The van der Waals surface area contributed by atoms with Crippen LogP contribution in [0.5, 0.6) is 0 Å². The summed E-state index contributed by atoms with van der Waals surface area (Å²) >= 11 is 1.34. The van der Waals surface area contributed by atoms with Crippen LogP contribution in [-0.4, -0.2) is 39.8 Å². The average molecular weight is 259 g/mol. The number of Topliss-reactive ketones (excluding diaryl/α,β-unsaturated/α-hetero) is 1. The van der Waals surface area contributed by atoms with E-state index in [-0.39, 0.29) is 22.7 Å². The number of nitrogens with one attached hydrogen (secondary N) is 1. The van der Waals surface area contributed by atoms with E-state index in [1.54, 1.807) is 0 Å². The summed E-state index contributed by atoms with van der Waals surface area (Å²) in [4.78, 5) is 33.2. The molecule has 1 rings (SSSR count). The van der Waals surface area contributed by atoms with Crippen LogP contribution in [0.15, 0.2) is 0 Å². The maximum atomic E-state index is 11.5. The molecule has 6 heteroatoms. The van der Waals surface area contributed by atoms with Crippen molar-refractivity contribution in [2.24, 2.45) is 0 Å². The van der Waals surface area contributed by atoms with Gasteiger partial charge in [0.25, 0.3) is 0 Å². The van der Waals surface area contributed by atoms with Gasteiger partial charge in [-0.25, -0.2) is 4.79 Å². The Bertz CT molecular complexity index is 319. The number of carboxylic acid groups (broad SMARTS) is 1. The zero-order chi connectivity index (χ0) is 12.8. The van der Waals surface area contributed by atoms with Crippen LogP contribution in [0.25, 0.3) is 0 Å². The quantitative estimate of drug-likeness (QED) is 0.763. The summed E-state index contributed by atoms with van der Waals surface area (Å²) in [5, 5.41) is 11.2. The van der Waals surface area contributed by atoms with E-state index in [1.165, 1.54) is 18.7 Å². The summed E-state index contributed by atoms with van der Waals surface area (Å²) in [5.74, 6) is -0.983. The van der Waals surface area contributed by atoms with Crippen molar-refractivity contribution in [3.05, 3.63) is 0 Å². The van der Waals surface area contributed by atoms with Crippen LogP contribution in [-0.2, 0) is 14.4 Å². The minimum atomic E-state index is -1.06. The van der Waals surface area contributed by atoms with Crippen LogP contribution in [0, 0.1) is 0 Å². The monoisotopic (exact) mass is 259 g/mol. The SMILES string of the molecule is CC(=O)NC(CSC1CCCCC1=O)C(=O)O. The highest BCUT2D eigenvalue weighted by Crippen LogP contribution is 2.26. The Balaban J connectivity index is 2.42. The molecule has 0 aromatic carbocycles. The average Bonchev–Trinajstić information content (AvgIpc) is 2.25. The second-order valence-corrected chi connectivity index (χ2v) is 5.36. The summed E-state index contributed by atoms with van der Waals surface area (Å²) in [6, 6.07) is -0.910. The fraction of sp³-hybridized carbons (Fsp3) is 0.727. The Morgan fingerprint density at radius 2 is 2.24 bits per heavy atom. The van der Waals surface area contributed by atoms with Crippen molar-refractivity contribution in [2.75, 3.05) is 5.75 Å². The number of rotatable bonds is 5. The van der Waals surface area contributed by atoms with E-state index in [2.05, 4.69) is 5.32 Å². The van der Waals surface area contributed by atoms with Crippen molar-refractivity contribution in [2.45, 2.75) is 43.9 Å². The lowest BCUT2D eigenvalue weighted by Gasteiger charge is -2.21. The van der Waals surface area contributed by atoms with E-state index in [9.17, 15) is 14.4 Å². The topological polar surface area (TPSA) is 83.5 Å². The highest BCUT2D eigenvalue weighted by Gasteiger charge is 2.26. The molecule has 0 aromatic heterocycles. The van der Waals surface area contributed by atoms with E-state index >= 15 is 0 Å². The minimum Gasteiger partial charge on any atom is -0.480 e. The summed E-state index contributed by atoms with van der Waals surface area (Å²) < 4.78 is 0. The van der Waals surface area contributed by atoms with E-state index in [0.717, 1.165) is 19.3 Å². The zero-order valence-electron chi connectivity index (χ0n) is 9.77. The highest BCUT2D eigenvalue weighted by molar-refractivity contribution is 8.00. The normalized spacial score (nSPS) is 21.9. The summed E-state index contributed by atoms with van der Waals surface area (Å²) in [7, 11) is 0. The molecule has 1 fully saturated rings. The van der Waals surface area contributed by atoms with Gasteiger partial charge in [0.1, 0.15) is 11.8 Å². The molecule has 0 spiro atoms. The first-order valence-corrected chi connectivity index (χ1v) is 6.70. The second kappa shape index (κ2) is 6.64. The Morgan fingerprint density at radius 3 is 2.76 bits per heavy atom. The Kier molecular flexibility index (Phi) is 5.47. The second-order valence-electron chi connectivity index (χ2n) is 4.13. The third kappa shape index (κ3) is 4.77. The van der Waals surface area contributed by atoms with Crippen molar-refractivity contribution in [1.82, 2.24) is 5.32 Å². The predicted molar refractivity (Wildman–Crippen MR) is 65.0 cm³/mol.